The summed E-state index contributed by atoms with van der Waals surface area (Å²) in [6.45, 7) is 1.37. The van der Waals surface area contributed by atoms with Crippen LogP contribution >= 0.6 is 11.3 Å². The molecule has 5 heteroatoms. The van der Waals surface area contributed by atoms with Crippen LogP contribution in [0.3, 0.4) is 0 Å². The fourth-order valence-corrected chi connectivity index (χ4v) is 2.13. The summed E-state index contributed by atoms with van der Waals surface area (Å²) in [6, 6.07) is 3.61. The Balaban J connectivity index is 2.66. The Labute approximate surface area is 75.3 Å². The number of halogens is 1. The number of hydrogen-bond donors (Lipinski definition) is 0. The minimum absolute atomic E-state index is 0.260. The van der Waals surface area contributed by atoms with Crippen LogP contribution in [-0.2, 0) is 16.6 Å². The van der Waals surface area contributed by atoms with Crippen molar-refractivity contribution in [3.63, 3.8) is 0 Å². The first-order chi connectivity index (χ1) is 5.50. The second-order valence-electron chi connectivity index (χ2n) is 2.57. The van der Waals surface area contributed by atoms with Crippen molar-refractivity contribution in [2.45, 2.75) is 18.6 Å². The predicted octanol–water partition coefficient (Wildman–Crippen LogP) is 1.98. The van der Waals surface area contributed by atoms with Gasteiger partial charge < -0.3 is 0 Å². The number of hydrogen-bond acceptors (Lipinski definition) is 3. The van der Waals surface area contributed by atoms with Crippen LogP contribution in [0, 0.1) is 0 Å². The average molecular weight is 208 g/mol. The Kier molecular flexibility index (Phi) is 2.85. The molecule has 0 spiro atoms. The molecule has 0 aliphatic carbocycles. The molecule has 1 atom stereocenters. The van der Waals surface area contributed by atoms with Crippen LogP contribution in [0.1, 0.15) is 11.8 Å². The summed E-state index contributed by atoms with van der Waals surface area (Å²) in [5.74, 6) is 0. The van der Waals surface area contributed by atoms with Crippen LogP contribution in [-0.4, -0.2) is 13.7 Å². The molecule has 0 N–H and O–H groups in total. The Morgan fingerprint density at radius 3 is 2.75 bits per heavy atom. The molecule has 2 nitrogen and oxygen atoms in total. The highest BCUT2D eigenvalue weighted by molar-refractivity contribution is 7.87. The third kappa shape index (κ3) is 2.57. The molecule has 1 aromatic heterocycles. The van der Waals surface area contributed by atoms with Crippen molar-refractivity contribution in [3.8, 4) is 0 Å². The smallest absolute Gasteiger partial charge is 0.195 e. The van der Waals surface area contributed by atoms with Gasteiger partial charge in [0.1, 0.15) is 0 Å². The van der Waals surface area contributed by atoms with Gasteiger partial charge in [0.25, 0.3) is 0 Å². The van der Waals surface area contributed by atoms with Crippen LogP contribution in [0.5, 0.6) is 0 Å². The van der Waals surface area contributed by atoms with Crippen LogP contribution in [0.25, 0.3) is 0 Å². The van der Waals surface area contributed by atoms with Gasteiger partial charge in [-0.15, -0.1) is 15.2 Å². The Morgan fingerprint density at radius 2 is 2.33 bits per heavy atom. The van der Waals surface area contributed by atoms with Crippen molar-refractivity contribution in [1.82, 2.24) is 0 Å². The van der Waals surface area contributed by atoms with E-state index in [2.05, 4.69) is 0 Å². The lowest BCUT2D eigenvalue weighted by atomic mass is 10.3. The Morgan fingerprint density at radius 1 is 1.67 bits per heavy atom. The van der Waals surface area contributed by atoms with Crippen molar-refractivity contribution < 1.29 is 12.3 Å². The normalized spacial score (nSPS) is 14.5. The van der Waals surface area contributed by atoms with E-state index >= 15 is 0 Å². The fraction of sp³-hybridized carbons (Fsp3) is 0.429. The van der Waals surface area contributed by atoms with Crippen molar-refractivity contribution in [3.05, 3.63) is 22.4 Å². The Bertz CT molecular complexity index is 328. The van der Waals surface area contributed by atoms with Gasteiger partial charge in [-0.25, -0.2) is 0 Å². The molecule has 12 heavy (non-hydrogen) atoms. The van der Waals surface area contributed by atoms with E-state index in [-0.39, 0.29) is 6.42 Å². The van der Waals surface area contributed by atoms with E-state index < -0.39 is 15.5 Å². The second-order valence-corrected chi connectivity index (χ2v) is 5.36. The monoisotopic (exact) mass is 208 g/mol. The lowest BCUT2D eigenvalue weighted by molar-refractivity contribution is 0.537. The zero-order valence-corrected chi connectivity index (χ0v) is 8.16. The van der Waals surface area contributed by atoms with E-state index in [9.17, 15) is 12.3 Å². The minimum Gasteiger partial charge on any atom is -0.195 e. The fourth-order valence-electron chi connectivity index (χ4n) is 0.812. The summed E-state index contributed by atoms with van der Waals surface area (Å²) in [5, 5.41) is 0.906. The number of thiophene rings is 1. The standard InChI is InChI=1S/C7H9FO2S2/c1-6(12(8,9)10)5-7-3-2-4-11-7/h2-4,6H,5H2,1H3. The third-order valence-corrected chi connectivity index (χ3v) is 3.58. The lowest BCUT2D eigenvalue weighted by Crippen LogP contribution is -2.14. The molecule has 0 aliphatic heterocycles. The van der Waals surface area contributed by atoms with Crippen LogP contribution < -0.4 is 0 Å². The molecular formula is C7H9FO2S2. The largest absolute Gasteiger partial charge is 0.305 e. The first kappa shape index (κ1) is 9.67. The first-order valence-electron chi connectivity index (χ1n) is 3.46. The van der Waals surface area contributed by atoms with Gasteiger partial charge in [0.15, 0.2) is 0 Å². The average Bonchev–Trinajstić information content (AvgIpc) is 2.37. The van der Waals surface area contributed by atoms with Crippen molar-refractivity contribution >= 4 is 21.6 Å². The zero-order valence-electron chi connectivity index (χ0n) is 6.53. The van der Waals surface area contributed by atoms with Gasteiger partial charge in [0.2, 0.25) is 0 Å². The summed E-state index contributed by atoms with van der Waals surface area (Å²) in [6.07, 6.45) is 0.260. The maximum atomic E-state index is 12.4. The van der Waals surface area contributed by atoms with Crippen molar-refractivity contribution in [2.24, 2.45) is 0 Å². The van der Waals surface area contributed by atoms with Crippen molar-refractivity contribution in [1.29, 1.82) is 0 Å². The second kappa shape index (κ2) is 3.53. The molecule has 1 unspecified atom stereocenters. The molecule has 1 rings (SSSR count). The molecule has 1 heterocycles. The molecular weight excluding hydrogens is 199 g/mol. The molecule has 0 fully saturated rings. The summed E-state index contributed by atoms with van der Waals surface area (Å²) in [5.41, 5.74) is 0. The van der Waals surface area contributed by atoms with Gasteiger partial charge in [-0.05, 0) is 18.4 Å². The summed E-state index contributed by atoms with van der Waals surface area (Å²) >= 11 is 1.44. The van der Waals surface area contributed by atoms with E-state index in [1.165, 1.54) is 18.3 Å². The van der Waals surface area contributed by atoms with E-state index in [0.717, 1.165) is 4.88 Å². The van der Waals surface area contributed by atoms with E-state index in [4.69, 9.17) is 0 Å². The summed E-state index contributed by atoms with van der Waals surface area (Å²) < 4.78 is 33.1. The predicted molar refractivity (Wildman–Crippen MR) is 47.5 cm³/mol. The highest BCUT2D eigenvalue weighted by atomic mass is 32.3. The minimum atomic E-state index is -4.37. The highest BCUT2D eigenvalue weighted by Gasteiger charge is 2.19. The van der Waals surface area contributed by atoms with Gasteiger partial charge in [0.05, 0.1) is 5.25 Å². The Hall–Kier alpha value is -0.420. The van der Waals surface area contributed by atoms with E-state index in [0.29, 0.717) is 0 Å². The zero-order chi connectivity index (χ0) is 9.19. The van der Waals surface area contributed by atoms with Gasteiger partial charge in [-0.2, -0.15) is 8.42 Å². The molecule has 0 bridgehead atoms. The van der Waals surface area contributed by atoms with Gasteiger partial charge >= 0.3 is 10.2 Å². The van der Waals surface area contributed by atoms with Crippen LogP contribution in [0.15, 0.2) is 17.5 Å². The molecule has 0 amide bonds. The summed E-state index contributed by atoms with van der Waals surface area (Å²) in [7, 11) is -4.37. The molecule has 1 aromatic rings. The summed E-state index contributed by atoms with van der Waals surface area (Å²) in [4.78, 5) is 0.892. The van der Waals surface area contributed by atoms with Crippen LogP contribution in [0.2, 0.25) is 0 Å². The van der Waals surface area contributed by atoms with Gasteiger partial charge in [-0.3, -0.25) is 0 Å². The molecule has 0 aliphatic rings. The molecule has 0 saturated carbocycles. The maximum Gasteiger partial charge on any atom is 0.305 e. The van der Waals surface area contributed by atoms with E-state index in [1.54, 1.807) is 6.07 Å². The topological polar surface area (TPSA) is 34.1 Å². The molecule has 0 saturated heterocycles. The van der Waals surface area contributed by atoms with Gasteiger partial charge in [-0.1, -0.05) is 6.07 Å². The maximum absolute atomic E-state index is 12.4. The van der Waals surface area contributed by atoms with Crippen LogP contribution in [0.4, 0.5) is 3.89 Å². The SMILES string of the molecule is CC(Cc1cccs1)S(=O)(=O)F. The highest BCUT2D eigenvalue weighted by Crippen LogP contribution is 2.15. The van der Waals surface area contributed by atoms with Crippen molar-refractivity contribution in [2.75, 3.05) is 0 Å². The van der Waals surface area contributed by atoms with Gasteiger partial charge in [0, 0.05) is 11.3 Å². The quantitative estimate of drug-likeness (QED) is 0.712. The lowest BCUT2D eigenvalue weighted by Gasteiger charge is -2.02. The molecule has 68 valence electrons. The first-order valence-corrected chi connectivity index (χ1v) is 5.78. The third-order valence-electron chi connectivity index (χ3n) is 1.55. The number of rotatable bonds is 3. The molecule has 0 aromatic carbocycles. The van der Waals surface area contributed by atoms with E-state index in [1.807, 2.05) is 11.4 Å². The molecule has 0 radical (unpaired) electrons.